The van der Waals surface area contributed by atoms with Crippen LogP contribution >= 0.6 is 11.6 Å². The summed E-state index contributed by atoms with van der Waals surface area (Å²) in [5, 5.41) is 13.0. The van der Waals surface area contributed by atoms with Gasteiger partial charge in [-0.2, -0.15) is 0 Å². The summed E-state index contributed by atoms with van der Waals surface area (Å²) in [5.74, 6) is 1.31. The molecule has 0 bridgehead atoms. The molecule has 0 aliphatic rings. The van der Waals surface area contributed by atoms with Crippen molar-refractivity contribution in [3.8, 4) is 11.5 Å². The molecule has 0 amide bonds. The van der Waals surface area contributed by atoms with Gasteiger partial charge < -0.3 is 19.9 Å². The number of hydrogen-bond donors (Lipinski definition) is 2. The Morgan fingerprint density at radius 3 is 2.53 bits per heavy atom. The molecule has 19 heavy (non-hydrogen) atoms. The van der Waals surface area contributed by atoms with E-state index in [9.17, 15) is 5.11 Å². The lowest BCUT2D eigenvalue weighted by molar-refractivity contribution is 0.190. The average Bonchev–Trinajstić information content (AvgIpc) is 2.31. The Hall–Kier alpha value is -0.970. The first-order valence-corrected chi connectivity index (χ1v) is 6.73. The highest BCUT2D eigenvalue weighted by Crippen LogP contribution is 2.35. The van der Waals surface area contributed by atoms with Gasteiger partial charge in [-0.05, 0) is 26.8 Å². The maximum atomic E-state index is 9.26. The summed E-state index contributed by atoms with van der Waals surface area (Å²) in [6, 6.07) is 3.58. The topological polar surface area (TPSA) is 50.7 Å². The van der Waals surface area contributed by atoms with E-state index in [1.807, 2.05) is 19.9 Å². The molecule has 0 heterocycles. The summed E-state index contributed by atoms with van der Waals surface area (Å²) in [6.45, 7) is 6.72. The molecule has 1 atom stereocenters. The SMILES string of the molecule is COc1cc(Cl)cc(CNCC(C)O)c1OC(C)C. The van der Waals surface area contributed by atoms with Gasteiger partial charge in [-0.25, -0.2) is 0 Å². The van der Waals surface area contributed by atoms with Gasteiger partial charge in [0.05, 0.1) is 19.3 Å². The predicted molar refractivity (Wildman–Crippen MR) is 77.2 cm³/mol. The molecule has 1 unspecified atom stereocenters. The summed E-state index contributed by atoms with van der Waals surface area (Å²) in [6.07, 6.45) is -0.346. The van der Waals surface area contributed by atoms with Gasteiger partial charge in [-0.1, -0.05) is 11.6 Å². The molecular formula is C14H22ClNO3. The molecule has 1 aromatic rings. The summed E-state index contributed by atoms with van der Waals surface area (Å²) in [7, 11) is 1.59. The van der Waals surface area contributed by atoms with Crippen LogP contribution in [0.1, 0.15) is 26.3 Å². The van der Waals surface area contributed by atoms with Crippen LogP contribution in [0.5, 0.6) is 11.5 Å². The zero-order chi connectivity index (χ0) is 14.4. The molecule has 1 rings (SSSR count). The van der Waals surface area contributed by atoms with Crippen LogP contribution in [0.15, 0.2) is 12.1 Å². The van der Waals surface area contributed by atoms with Crippen LogP contribution in [0.25, 0.3) is 0 Å². The fourth-order valence-corrected chi connectivity index (χ4v) is 1.92. The molecule has 0 saturated heterocycles. The lowest BCUT2D eigenvalue weighted by Gasteiger charge is -2.18. The van der Waals surface area contributed by atoms with Gasteiger partial charge in [0, 0.05) is 29.7 Å². The van der Waals surface area contributed by atoms with Crippen molar-refractivity contribution in [2.45, 2.75) is 39.5 Å². The van der Waals surface area contributed by atoms with Crippen molar-refractivity contribution in [1.82, 2.24) is 5.32 Å². The molecule has 1 aromatic carbocycles. The number of benzene rings is 1. The molecule has 0 aromatic heterocycles. The van der Waals surface area contributed by atoms with E-state index in [2.05, 4.69) is 5.32 Å². The van der Waals surface area contributed by atoms with Crippen molar-refractivity contribution in [3.63, 3.8) is 0 Å². The van der Waals surface area contributed by atoms with Gasteiger partial charge in [0.2, 0.25) is 0 Å². The highest BCUT2D eigenvalue weighted by molar-refractivity contribution is 6.30. The Morgan fingerprint density at radius 1 is 1.32 bits per heavy atom. The predicted octanol–water partition coefficient (Wildman–Crippen LogP) is 2.61. The number of halogens is 1. The molecule has 0 aliphatic heterocycles. The number of ether oxygens (including phenoxy) is 2. The molecule has 0 fully saturated rings. The van der Waals surface area contributed by atoms with Crippen molar-refractivity contribution in [2.75, 3.05) is 13.7 Å². The lowest BCUT2D eigenvalue weighted by Crippen LogP contribution is -2.24. The number of hydrogen-bond acceptors (Lipinski definition) is 4. The monoisotopic (exact) mass is 287 g/mol. The van der Waals surface area contributed by atoms with Crippen LogP contribution in [0, 0.1) is 0 Å². The van der Waals surface area contributed by atoms with E-state index in [-0.39, 0.29) is 6.10 Å². The number of aliphatic hydroxyl groups excluding tert-OH is 1. The van der Waals surface area contributed by atoms with E-state index < -0.39 is 6.10 Å². The van der Waals surface area contributed by atoms with Gasteiger partial charge in [-0.15, -0.1) is 0 Å². The molecule has 0 saturated carbocycles. The molecule has 108 valence electrons. The molecule has 0 spiro atoms. The number of aliphatic hydroxyl groups is 1. The average molecular weight is 288 g/mol. The first-order chi connectivity index (χ1) is 8.93. The van der Waals surface area contributed by atoms with Crippen LogP contribution in [0.2, 0.25) is 5.02 Å². The van der Waals surface area contributed by atoms with Crippen molar-refractivity contribution in [2.24, 2.45) is 0 Å². The van der Waals surface area contributed by atoms with E-state index >= 15 is 0 Å². The minimum atomic E-state index is -0.393. The molecule has 4 nitrogen and oxygen atoms in total. The normalized spacial score (nSPS) is 12.6. The highest BCUT2D eigenvalue weighted by Gasteiger charge is 2.14. The van der Waals surface area contributed by atoms with Gasteiger partial charge in [-0.3, -0.25) is 0 Å². The second-order valence-corrected chi connectivity index (χ2v) is 5.18. The minimum absolute atomic E-state index is 0.0468. The summed E-state index contributed by atoms with van der Waals surface area (Å²) >= 11 is 6.07. The summed E-state index contributed by atoms with van der Waals surface area (Å²) in [4.78, 5) is 0. The fourth-order valence-electron chi connectivity index (χ4n) is 1.69. The second-order valence-electron chi connectivity index (χ2n) is 4.74. The van der Waals surface area contributed by atoms with Crippen LogP contribution in [0.4, 0.5) is 0 Å². The third kappa shape index (κ3) is 5.27. The van der Waals surface area contributed by atoms with Gasteiger partial charge >= 0.3 is 0 Å². The van der Waals surface area contributed by atoms with Crippen LogP contribution in [-0.4, -0.2) is 31.0 Å². The number of nitrogens with one attached hydrogen (secondary N) is 1. The Kier molecular flexibility index (Phi) is 6.42. The molecular weight excluding hydrogens is 266 g/mol. The van der Waals surface area contributed by atoms with E-state index in [1.54, 1.807) is 20.1 Å². The van der Waals surface area contributed by atoms with Crippen molar-refractivity contribution in [3.05, 3.63) is 22.7 Å². The van der Waals surface area contributed by atoms with Crippen LogP contribution < -0.4 is 14.8 Å². The maximum absolute atomic E-state index is 9.26. The zero-order valence-electron chi connectivity index (χ0n) is 11.9. The van der Waals surface area contributed by atoms with Crippen LogP contribution in [0.3, 0.4) is 0 Å². The number of methoxy groups -OCH3 is 1. The zero-order valence-corrected chi connectivity index (χ0v) is 12.6. The van der Waals surface area contributed by atoms with Crippen molar-refractivity contribution < 1.29 is 14.6 Å². The Morgan fingerprint density at radius 2 is 2.00 bits per heavy atom. The third-order valence-electron chi connectivity index (χ3n) is 2.43. The van der Waals surface area contributed by atoms with Gasteiger partial charge in [0.25, 0.3) is 0 Å². The quantitative estimate of drug-likeness (QED) is 0.809. The van der Waals surface area contributed by atoms with Crippen molar-refractivity contribution >= 4 is 11.6 Å². The fraction of sp³-hybridized carbons (Fsp3) is 0.571. The van der Waals surface area contributed by atoms with Gasteiger partial charge in [0.15, 0.2) is 11.5 Å². The van der Waals surface area contributed by atoms with E-state index in [0.717, 1.165) is 5.56 Å². The Bertz CT molecular complexity index is 408. The van der Waals surface area contributed by atoms with Gasteiger partial charge in [0.1, 0.15) is 0 Å². The Balaban J connectivity index is 2.94. The number of rotatable bonds is 7. The van der Waals surface area contributed by atoms with Crippen molar-refractivity contribution in [1.29, 1.82) is 0 Å². The second kappa shape index (κ2) is 7.58. The standard InChI is InChI=1S/C14H22ClNO3/c1-9(2)19-14-11(8-16-7-10(3)17)5-12(15)6-13(14)18-4/h5-6,9-10,16-17H,7-8H2,1-4H3. The van der Waals surface area contributed by atoms with Crippen LogP contribution in [-0.2, 0) is 6.54 Å². The molecule has 5 heteroatoms. The summed E-state index contributed by atoms with van der Waals surface area (Å²) < 4.78 is 11.1. The van der Waals surface area contributed by atoms with E-state index in [1.165, 1.54) is 0 Å². The molecule has 2 N–H and O–H groups in total. The first-order valence-electron chi connectivity index (χ1n) is 6.36. The largest absolute Gasteiger partial charge is 0.493 e. The minimum Gasteiger partial charge on any atom is -0.493 e. The smallest absolute Gasteiger partial charge is 0.166 e. The third-order valence-corrected chi connectivity index (χ3v) is 2.64. The highest BCUT2D eigenvalue weighted by atomic mass is 35.5. The summed E-state index contributed by atoms with van der Waals surface area (Å²) in [5.41, 5.74) is 0.915. The Labute approximate surface area is 119 Å². The lowest BCUT2D eigenvalue weighted by atomic mass is 10.1. The molecule has 0 radical (unpaired) electrons. The maximum Gasteiger partial charge on any atom is 0.166 e. The van der Waals surface area contributed by atoms with E-state index in [4.69, 9.17) is 21.1 Å². The molecule has 0 aliphatic carbocycles. The first kappa shape index (κ1) is 16.1. The van der Waals surface area contributed by atoms with E-state index in [0.29, 0.717) is 29.6 Å².